The molecule has 2 bridgehead atoms. The van der Waals surface area contributed by atoms with Crippen LogP contribution in [0.25, 0.3) is 0 Å². The molecule has 0 saturated carbocycles. The quantitative estimate of drug-likeness (QED) is 0.236. The van der Waals surface area contributed by atoms with E-state index in [1.807, 2.05) is 48.5 Å². The van der Waals surface area contributed by atoms with Gasteiger partial charge >= 0.3 is 5.69 Å². The molecule has 180 valence electrons. The number of nitrogens with zero attached hydrogens (tertiary/aromatic N) is 3. The zero-order valence-corrected chi connectivity index (χ0v) is 19.5. The molecule has 0 N–H and O–H groups in total. The maximum Gasteiger partial charge on any atom is 0.311 e. The SMILES string of the molecule is COc1cc(OC)c([N+](=O)[O-])cc1/C=N\N1C(=O)[C@@H]2C3c4ccccc4C(c4ccccc43)[C@H]2C1=O. The van der Waals surface area contributed by atoms with Gasteiger partial charge in [-0.05, 0) is 22.3 Å². The van der Waals surface area contributed by atoms with Crippen molar-refractivity contribution in [1.29, 1.82) is 0 Å². The van der Waals surface area contributed by atoms with Gasteiger partial charge < -0.3 is 9.47 Å². The third-order valence-corrected chi connectivity index (χ3v) is 7.47. The zero-order valence-electron chi connectivity index (χ0n) is 19.5. The van der Waals surface area contributed by atoms with E-state index in [0.29, 0.717) is 0 Å². The van der Waals surface area contributed by atoms with Crippen LogP contribution in [0.15, 0.2) is 65.8 Å². The Balaban J connectivity index is 1.42. The molecule has 2 atom stereocenters. The highest BCUT2D eigenvalue weighted by molar-refractivity contribution is 6.08. The Morgan fingerprint density at radius 3 is 1.72 bits per heavy atom. The Bertz CT molecular complexity index is 1370. The summed E-state index contributed by atoms with van der Waals surface area (Å²) < 4.78 is 10.4. The van der Waals surface area contributed by atoms with Crippen LogP contribution in [0, 0.1) is 22.0 Å². The number of hydrogen-bond donors (Lipinski definition) is 0. The van der Waals surface area contributed by atoms with Crippen LogP contribution in [-0.4, -0.2) is 42.2 Å². The van der Waals surface area contributed by atoms with Crippen LogP contribution in [-0.2, 0) is 9.59 Å². The lowest BCUT2D eigenvalue weighted by Crippen LogP contribution is -2.41. The van der Waals surface area contributed by atoms with Crippen LogP contribution in [0.4, 0.5) is 5.69 Å². The Morgan fingerprint density at radius 1 is 0.833 bits per heavy atom. The van der Waals surface area contributed by atoms with E-state index in [4.69, 9.17) is 9.47 Å². The van der Waals surface area contributed by atoms with Crippen molar-refractivity contribution in [2.75, 3.05) is 14.2 Å². The van der Waals surface area contributed by atoms with Crippen LogP contribution < -0.4 is 9.47 Å². The normalized spacial score (nSPS) is 23.4. The first-order valence-electron chi connectivity index (χ1n) is 11.5. The Labute approximate surface area is 206 Å². The summed E-state index contributed by atoms with van der Waals surface area (Å²) in [6.07, 6.45) is 1.25. The predicted molar refractivity (Wildman–Crippen MR) is 129 cm³/mol. The van der Waals surface area contributed by atoms with Crippen molar-refractivity contribution in [2.45, 2.75) is 11.8 Å². The standard InChI is InChI=1S/C27H21N3O6/c1-35-20-12-21(36-2)19(30(33)34)11-14(20)13-28-29-26(31)24-22-15-7-3-4-8-16(15)23(25(24)27(29)32)18-10-6-5-9-17(18)22/h3-13,22-25H,1-2H3/b28-13-/t22?,23?,24-,25-/m1/s1. The molecule has 1 aliphatic heterocycles. The third kappa shape index (κ3) is 2.92. The second-order valence-corrected chi connectivity index (χ2v) is 9.02. The highest BCUT2D eigenvalue weighted by Crippen LogP contribution is 2.61. The molecule has 36 heavy (non-hydrogen) atoms. The molecule has 9 nitrogen and oxygen atoms in total. The van der Waals surface area contributed by atoms with Crippen molar-refractivity contribution >= 4 is 23.7 Å². The number of hydrogen-bond acceptors (Lipinski definition) is 7. The van der Waals surface area contributed by atoms with Crippen LogP contribution in [0.2, 0.25) is 0 Å². The lowest BCUT2D eigenvalue weighted by molar-refractivity contribution is -0.385. The van der Waals surface area contributed by atoms with Gasteiger partial charge in [-0.25, -0.2) is 0 Å². The van der Waals surface area contributed by atoms with Gasteiger partial charge in [-0.1, -0.05) is 48.5 Å². The summed E-state index contributed by atoms with van der Waals surface area (Å²) >= 11 is 0. The Kier molecular flexibility index (Phi) is 4.89. The highest BCUT2D eigenvalue weighted by atomic mass is 16.6. The van der Waals surface area contributed by atoms with Crippen molar-refractivity contribution < 1.29 is 24.0 Å². The molecular weight excluding hydrogens is 462 g/mol. The summed E-state index contributed by atoms with van der Waals surface area (Å²) in [5, 5.41) is 16.6. The molecule has 3 aromatic carbocycles. The maximum absolute atomic E-state index is 13.6. The molecule has 1 saturated heterocycles. The summed E-state index contributed by atoms with van der Waals surface area (Å²) in [5.41, 5.74) is 4.25. The van der Waals surface area contributed by atoms with Gasteiger partial charge in [0.2, 0.25) is 5.75 Å². The van der Waals surface area contributed by atoms with Gasteiger partial charge in [0, 0.05) is 29.5 Å². The van der Waals surface area contributed by atoms with Crippen molar-refractivity contribution in [3.05, 3.63) is 98.6 Å². The summed E-state index contributed by atoms with van der Waals surface area (Å²) in [6, 6.07) is 18.6. The van der Waals surface area contributed by atoms with Crippen LogP contribution in [0.3, 0.4) is 0 Å². The van der Waals surface area contributed by atoms with Gasteiger partial charge in [-0.3, -0.25) is 19.7 Å². The van der Waals surface area contributed by atoms with Crippen molar-refractivity contribution in [1.82, 2.24) is 5.01 Å². The average molecular weight is 483 g/mol. The molecule has 0 aromatic heterocycles. The second kappa shape index (κ2) is 8.01. The molecule has 3 aromatic rings. The highest BCUT2D eigenvalue weighted by Gasteiger charge is 2.61. The predicted octanol–water partition coefficient (Wildman–Crippen LogP) is 3.84. The van der Waals surface area contributed by atoms with E-state index in [1.165, 1.54) is 32.6 Å². The van der Waals surface area contributed by atoms with Crippen molar-refractivity contribution in [3.8, 4) is 11.5 Å². The Hall–Kier alpha value is -4.53. The van der Waals surface area contributed by atoms with Gasteiger partial charge in [0.25, 0.3) is 11.8 Å². The maximum atomic E-state index is 13.6. The minimum atomic E-state index is -0.581. The van der Waals surface area contributed by atoms with Crippen molar-refractivity contribution in [2.24, 2.45) is 16.9 Å². The van der Waals surface area contributed by atoms with E-state index in [-0.39, 0.29) is 46.4 Å². The number of hydrazone groups is 1. The number of nitro groups is 1. The smallest absolute Gasteiger partial charge is 0.311 e. The van der Waals surface area contributed by atoms with Crippen LogP contribution in [0.5, 0.6) is 11.5 Å². The van der Waals surface area contributed by atoms with E-state index in [1.54, 1.807) is 0 Å². The molecule has 2 amide bonds. The second-order valence-electron chi connectivity index (χ2n) is 9.02. The van der Waals surface area contributed by atoms with E-state index >= 15 is 0 Å². The largest absolute Gasteiger partial charge is 0.496 e. The average Bonchev–Trinajstić information content (AvgIpc) is 3.16. The lowest BCUT2D eigenvalue weighted by atomic mass is 9.55. The minimum Gasteiger partial charge on any atom is -0.496 e. The fraction of sp³-hybridized carbons (Fsp3) is 0.222. The van der Waals surface area contributed by atoms with E-state index in [0.717, 1.165) is 27.3 Å². The monoisotopic (exact) mass is 483 g/mol. The Morgan fingerprint density at radius 2 is 1.31 bits per heavy atom. The first-order valence-corrected chi connectivity index (χ1v) is 11.5. The lowest BCUT2D eigenvalue weighted by Gasteiger charge is -2.45. The number of ether oxygens (including phenoxy) is 2. The first kappa shape index (κ1) is 22.0. The molecule has 9 heteroatoms. The van der Waals surface area contributed by atoms with Gasteiger partial charge in [-0.15, -0.1) is 0 Å². The number of methoxy groups -OCH3 is 2. The van der Waals surface area contributed by atoms with Crippen LogP contribution >= 0.6 is 0 Å². The first-order chi connectivity index (χ1) is 17.5. The fourth-order valence-corrected chi connectivity index (χ4v) is 6.05. The summed E-state index contributed by atoms with van der Waals surface area (Å²) in [7, 11) is 2.73. The van der Waals surface area contributed by atoms with E-state index < -0.39 is 16.8 Å². The molecule has 4 aliphatic rings. The number of imide groups is 1. The fourth-order valence-electron chi connectivity index (χ4n) is 6.05. The van der Waals surface area contributed by atoms with E-state index in [9.17, 15) is 19.7 Å². The van der Waals surface area contributed by atoms with Gasteiger partial charge in [-0.2, -0.15) is 10.1 Å². The minimum absolute atomic E-state index is 0.0282. The number of nitro benzene ring substituents is 1. The number of benzene rings is 3. The number of carbonyl (C=O) groups excluding carboxylic acids is 2. The molecule has 3 aliphatic carbocycles. The summed E-state index contributed by atoms with van der Waals surface area (Å²) in [5.74, 6) is -2.04. The molecule has 7 rings (SSSR count). The molecule has 0 radical (unpaired) electrons. The van der Waals surface area contributed by atoms with E-state index in [2.05, 4.69) is 5.10 Å². The summed E-state index contributed by atoms with van der Waals surface area (Å²) in [4.78, 5) is 38.2. The number of rotatable bonds is 5. The van der Waals surface area contributed by atoms with Crippen molar-refractivity contribution in [3.63, 3.8) is 0 Å². The van der Waals surface area contributed by atoms with Crippen LogP contribution in [0.1, 0.15) is 39.7 Å². The van der Waals surface area contributed by atoms with Gasteiger partial charge in [0.1, 0.15) is 5.75 Å². The zero-order chi connectivity index (χ0) is 25.1. The molecule has 1 fully saturated rings. The molecule has 0 spiro atoms. The topological polar surface area (TPSA) is 111 Å². The molecule has 1 heterocycles. The van der Waals surface area contributed by atoms with Gasteiger partial charge in [0.15, 0.2) is 0 Å². The third-order valence-electron chi connectivity index (χ3n) is 7.47. The molecule has 0 unspecified atom stereocenters. The number of carbonyl (C=O) groups is 2. The summed E-state index contributed by atoms with van der Waals surface area (Å²) in [6.45, 7) is 0. The molecular formula is C27H21N3O6. The number of amides is 2. The van der Waals surface area contributed by atoms with Gasteiger partial charge in [0.05, 0.1) is 37.2 Å².